The molecule has 0 aliphatic carbocycles. The van der Waals surface area contributed by atoms with Gasteiger partial charge >= 0.3 is 0 Å². The second-order valence-corrected chi connectivity index (χ2v) is 5.54. The Morgan fingerprint density at radius 1 is 1.50 bits per heavy atom. The number of carbonyl (C=O) groups excluding carboxylic acids is 1. The summed E-state index contributed by atoms with van der Waals surface area (Å²) in [6.07, 6.45) is 2.08. The van der Waals surface area contributed by atoms with Crippen molar-refractivity contribution >= 4 is 33.2 Å². The lowest BCUT2D eigenvalue weighted by Gasteiger charge is -2.10. The van der Waals surface area contributed by atoms with Gasteiger partial charge in [0.05, 0.1) is 10.6 Å². The van der Waals surface area contributed by atoms with E-state index in [0.29, 0.717) is 29.0 Å². The standard InChI is InChI=1S/C13H18BrN3O3/c1-9(6-7-15)2-5-13(18)16-12-4-3-10(17(19)20)8-11(12)14/h3-4,8-9H,2,5-7,15H2,1H3,(H,16,18). The average Bonchev–Trinajstić information content (AvgIpc) is 2.39. The first kappa shape index (κ1) is 16.6. The molecule has 0 bridgehead atoms. The molecule has 6 nitrogen and oxygen atoms in total. The first-order valence-corrected chi connectivity index (χ1v) is 7.17. The number of nitrogens with one attached hydrogen (secondary N) is 1. The Kier molecular flexibility index (Phi) is 6.60. The number of nitro benzene ring substituents is 1. The van der Waals surface area contributed by atoms with Crippen LogP contribution in [0.3, 0.4) is 0 Å². The summed E-state index contributed by atoms with van der Waals surface area (Å²) in [5, 5.41) is 13.3. The van der Waals surface area contributed by atoms with Crippen LogP contribution in [0.15, 0.2) is 22.7 Å². The zero-order valence-electron chi connectivity index (χ0n) is 11.3. The number of rotatable bonds is 7. The molecule has 3 N–H and O–H groups in total. The summed E-state index contributed by atoms with van der Waals surface area (Å²) in [5.74, 6) is 0.300. The van der Waals surface area contributed by atoms with Crippen LogP contribution in [0.4, 0.5) is 11.4 Å². The highest BCUT2D eigenvalue weighted by molar-refractivity contribution is 9.10. The van der Waals surface area contributed by atoms with Gasteiger partial charge < -0.3 is 11.1 Å². The maximum absolute atomic E-state index is 11.8. The minimum atomic E-state index is -0.481. The van der Waals surface area contributed by atoms with Gasteiger partial charge in [-0.25, -0.2) is 0 Å². The van der Waals surface area contributed by atoms with Gasteiger partial charge in [-0.2, -0.15) is 0 Å². The van der Waals surface area contributed by atoms with Crippen molar-refractivity contribution in [2.24, 2.45) is 11.7 Å². The summed E-state index contributed by atoms with van der Waals surface area (Å²) >= 11 is 3.21. The zero-order valence-corrected chi connectivity index (χ0v) is 12.9. The van der Waals surface area contributed by atoms with Gasteiger partial charge in [-0.15, -0.1) is 0 Å². The number of halogens is 1. The highest BCUT2D eigenvalue weighted by atomic mass is 79.9. The molecule has 1 unspecified atom stereocenters. The number of hydrogen-bond donors (Lipinski definition) is 2. The van der Waals surface area contributed by atoms with Gasteiger partial charge in [-0.3, -0.25) is 14.9 Å². The number of non-ortho nitro benzene ring substituents is 1. The average molecular weight is 344 g/mol. The predicted molar refractivity (Wildman–Crippen MR) is 81.5 cm³/mol. The quantitative estimate of drug-likeness (QED) is 0.587. The van der Waals surface area contributed by atoms with Crippen LogP contribution in [-0.2, 0) is 4.79 Å². The van der Waals surface area contributed by atoms with Crippen LogP contribution >= 0.6 is 15.9 Å². The number of nitrogens with two attached hydrogens (primary N) is 1. The smallest absolute Gasteiger partial charge is 0.270 e. The Labute approximate surface area is 126 Å². The predicted octanol–water partition coefficient (Wildman–Crippen LogP) is 3.06. The van der Waals surface area contributed by atoms with Crippen molar-refractivity contribution in [1.29, 1.82) is 0 Å². The lowest BCUT2D eigenvalue weighted by molar-refractivity contribution is -0.384. The van der Waals surface area contributed by atoms with E-state index >= 15 is 0 Å². The summed E-state index contributed by atoms with van der Waals surface area (Å²) < 4.78 is 0.495. The van der Waals surface area contributed by atoms with Gasteiger partial charge in [-0.05, 0) is 47.3 Å². The first-order valence-electron chi connectivity index (χ1n) is 6.38. The van der Waals surface area contributed by atoms with Gasteiger partial charge in [0.2, 0.25) is 5.91 Å². The van der Waals surface area contributed by atoms with Crippen molar-refractivity contribution < 1.29 is 9.72 Å². The molecule has 110 valence electrons. The maximum atomic E-state index is 11.8. The molecule has 0 saturated carbocycles. The Hall–Kier alpha value is -1.47. The van der Waals surface area contributed by atoms with Gasteiger partial charge in [-0.1, -0.05) is 6.92 Å². The van der Waals surface area contributed by atoms with E-state index in [2.05, 4.69) is 28.2 Å². The molecule has 7 heteroatoms. The molecule has 0 aliphatic heterocycles. The van der Waals surface area contributed by atoms with Crippen molar-refractivity contribution in [3.8, 4) is 0 Å². The van der Waals surface area contributed by atoms with Gasteiger partial charge in [0, 0.05) is 23.0 Å². The number of carbonyl (C=O) groups is 1. The lowest BCUT2D eigenvalue weighted by Crippen LogP contribution is -2.14. The fourth-order valence-electron chi connectivity index (χ4n) is 1.74. The molecule has 1 atom stereocenters. The fourth-order valence-corrected chi connectivity index (χ4v) is 2.20. The van der Waals surface area contributed by atoms with E-state index in [9.17, 15) is 14.9 Å². The molecule has 1 amide bonds. The molecule has 0 aromatic heterocycles. The van der Waals surface area contributed by atoms with E-state index in [-0.39, 0.29) is 11.6 Å². The summed E-state index contributed by atoms with van der Waals surface area (Å²) in [6, 6.07) is 4.24. The highest BCUT2D eigenvalue weighted by Crippen LogP contribution is 2.27. The Morgan fingerprint density at radius 3 is 2.75 bits per heavy atom. The molecular formula is C13H18BrN3O3. The molecule has 20 heavy (non-hydrogen) atoms. The molecule has 1 aromatic carbocycles. The SMILES string of the molecule is CC(CCN)CCC(=O)Nc1ccc([N+](=O)[O-])cc1Br. The van der Waals surface area contributed by atoms with Crippen molar-refractivity contribution in [2.45, 2.75) is 26.2 Å². The third kappa shape index (κ3) is 5.26. The molecular weight excluding hydrogens is 326 g/mol. The lowest BCUT2D eigenvalue weighted by atomic mass is 10.0. The third-order valence-electron chi connectivity index (χ3n) is 2.96. The largest absolute Gasteiger partial charge is 0.330 e. The van der Waals surface area contributed by atoms with Crippen LogP contribution < -0.4 is 11.1 Å². The molecule has 1 aromatic rings. The number of nitro groups is 1. The monoisotopic (exact) mass is 343 g/mol. The molecule has 0 fully saturated rings. The normalized spacial score (nSPS) is 11.9. The highest BCUT2D eigenvalue weighted by Gasteiger charge is 2.12. The minimum absolute atomic E-state index is 0.0218. The number of nitrogens with zero attached hydrogens (tertiary/aromatic N) is 1. The van der Waals surface area contributed by atoms with Gasteiger partial charge in [0.15, 0.2) is 0 Å². The van der Waals surface area contributed by atoms with Crippen molar-refractivity contribution in [3.05, 3.63) is 32.8 Å². The third-order valence-corrected chi connectivity index (χ3v) is 3.62. The van der Waals surface area contributed by atoms with E-state index in [1.165, 1.54) is 18.2 Å². The summed E-state index contributed by atoms with van der Waals surface area (Å²) in [4.78, 5) is 21.9. The molecule has 0 heterocycles. The molecule has 0 radical (unpaired) electrons. The van der Waals surface area contributed by atoms with Crippen LogP contribution in [-0.4, -0.2) is 17.4 Å². The van der Waals surface area contributed by atoms with E-state index < -0.39 is 4.92 Å². The maximum Gasteiger partial charge on any atom is 0.270 e. The second-order valence-electron chi connectivity index (χ2n) is 4.69. The molecule has 1 rings (SSSR count). The summed E-state index contributed by atoms with van der Waals surface area (Å²) in [7, 11) is 0. The van der Waals surface area contributed by atoms with Crippen molar-refractivity contribution in [3.63, 3.8) is 0 Å². The molecule has 0 saturated heterocycles. The summed E-state index contributed by atoms with van der Waals surface area (Å²) in [5.41, 5.74) is 5.97. The zero-order chi connectivity index (χ0) is 15.1. The van der Waals surface area contributed by atoms with E-state index in [1.807, 2.05) is 0 Å². The second kappa shape index (κ2) is 7.96. The Balaban J connectivity index is 2.56. The van der Waals surface area contributed by atoms with Crippen LogP contribution in [0, 0.1) is 16.0 Å². The number of anilines is 1. The fraction of sp³-hybridized carbons (Fsp3) is 0.462. The van der Waals surface area contributed by atoms with Crippen LogP contribution in [0.5, 0.6) is 0 Å². The summed E-state index contributed by atoms with van der Waals surface area (Å²) in [6.45, 7) is 2.68. The molecule has 0 spiro atoms. The van der Waals surface area contributed by atoms with Gasteiger partial charge in [0.25, 0.3) is 5.69 Å². The Morgan fingerprint density at radius 2 is 2.20 bits per heavy atom. The van der Waals surface area contributed by atoms with Crippen LogP contribution in [0.25, 0.3) is 0 Å². The van der Waals surface area contributed by atoms with Crippen LogP contribution in [0.2, 0.25) is 0 Å². The Bertz CT molecular complexity index is 494. The first-order chi connectivity index (χ1) is 9.43. The van der Waals surface area contributed by atoms with Crippen LogP contribution in [0.1, 0.15) is 26.2 Å². The van der Waals surface area contributed by atoms with E-state index in [1.54, 1.807) is 0 Å². The van der Waals surface area contributed by atoms with Gasteiger partial charge in [0.1, 0.15) is 0 Å². The number of hydrogen-bond acceptors (Lipinski definition) is 4. The minimum Gasteiger partial charge on any atom is -0.330 e. The molecule has 0 aliphatic rings. The van der Waals surface area contributed by atoms with E-state index in [0.717, 1.165) is 12.8 Å². The number of amides is 1. The van der Waals surface area contributed by atoms with Crippen molar-refractivity contribution in [1.82, 2.24) is 0 Å². The van der Waals surface area contributed by atoms with Crippen molar-refractivity contribution in [2.75, 3.05) is 11.9 Å². The topological polar surface area (TPSA) is 98.3 Å². The number of benzene rings is 1. The van der Waals surface area contributed by atoms with E-state index in [4.69, 9.17) is 5.73 Å².